The number of amides is 1. The maximum absolute atomic E-state index is 12.7. The van der Waals surface area contributed by atoms with Gasteiger partial charge in [-0.05, 0) is 70.0 Å². The van der Waals surface area contributed by atoms with Gasteiger partial charge in [0.05, 0.1) is 5.56 Å². The van der Waals surface area contributed by atoms with E-state index in [4.69, 9.17) is 10.5 Å². The number of carbonyl (C=O) groups is 3. The van der Waals surface area contributed by atoms with E-state index in [-0.39, 0.29) is 18.4 Å². The summed E-state index contributed by atoms with van der Waals surface area (Å²) in [6.07, 6.45) is 0.136. The van der Waals surface area contributed by atoms with E-state index >= 15 is 0 Å². The zero-order chi connectivity index (χ0) is 22.9. The van der Waals surface area contributed by atoms with E-state index in [0.29, 0.717) is 6.54 Å². The van der Waals surface area contributed by atoms with Crippen molar-refractivity contribution >= 4 is 40.4 Å². The van der Waals surface area contributed by atoms with Gasteiger partial charge in [0.2, 0.25) is 5.91 Å². The zero-order valence-electron chi connectivity index (χ0n) is 17.3. The first kappa shape index (κ1) is 23.6. The molecule has 1 amide bonds. The van der Waals surface area contributed by atoms with Crippen LogP contribution >= 0.6 is 22.6 Å². The lowest BCUT2D eigenvalue weighted by Crippen LogP contribution is -2.39. The quantitative estimate of drug-likeness (QED) is 0.242. The molecule has 0 fully saturated rings. The van der Waals surface area contributed by atoms with Crippen LogP contribution < -0.4 is 11.1 Å². The number of rotatable bonds is 9. The molecule has 0 heterocycles. The lowest BCUT2D eigenvalue weighted by molar-refractivity contribution is -0.140. The van der Waals surface area contributed by atoms with Gasteiger partial charge in [-0.3, -0.25) is 4.79 Å². The van der Waals surface area contributed by atoms with E-state index in [1.807, 2.05) is 54.6 Å². The van der Waals surface area contributed by atoms with Crippen molar-refractivity contribution in [3.63, 3.8) is 0 Å². The summed E-state index contributed by atoms with van der Waals surface area (Å²) in [6, 6.07) is 23.5. The third kappa shape index (κ3) is 7.00. The number of carbonyl (C=O) groups excluding carboxylic acids is 3. The summed E-state index contributed by atoms with van der Waals surface area (Å²) in [4.78, 5) is 36.4. The Morgan fingerprint density at radius 2 is 1.59 bits per heavy atom. The second-order valence-corrected chi connectivity index (χ2v) is 8.47. The molecular weight excluding hydrogens is 519 g/mol. The maximum Gasteiger partial charge on any atom is 0.345 e. The minimum atomic E-state index is -0.840. The summed E-state index contributed by atoms with van der Waals surface area (Å²) in [5, 5.41) is 3.07. The number of ether oxygens (including phenoxy) is 1. The van der Waals surface area contributed by atoms with Gasteiger partial charge in [-0.2, -0.15) is 0 Å². The van der Waals surface area contributed by atoms with E-state index in [1.165, 1.54) is 0 Å². The molecule has 0 aliphatic carbocycles. The van der Waals surface area contributed by atoms with Crippen molar-refractivity contribution in [2.75, 3.05) is 0 Å². The first-order valence-electron chi connectivity index (χ1n) is 10.1. The van der Waals surface area contributed by atoms with Crippen molar-refractivity contribution in [2.24, 2.45) is 5.73 Å². The van der Waals surface area contributed by atoms with Crippen LogP contribution in [0.5, 0.6) is 0 Å². The lowest BCUT2D eigenvalue weighted by atomic mass is 10.0. The van der Waals surface area contributed by atoms with E-state index in [2.05, 4.69) is 27.9 Å². The maximum atomic E-state index is 12.7. The first-order chi connectivity index (χ1) is 15.4. The van der Waals surface area contributed by atoms with Crippen molar-refractivity contribution in [3.8, 4) is 11.1 Å². The van der Waals surface area contributed by atoms with Crippen LogP contribution in [0.4, 0.5) is 0 Å². The van der Waals surface area contributed by atoms with E-state index in [0.717, 1.165) is 20.3 Å². The number of nitrogens with two attached hydrogens (primary N) is 1. The van der Waals surface area contributed by atoms with Crippen molar-refractivity contribution in [3.05, 3.63) is 93.6 Å². The molecule has 0 radical (unpaired) electrons. The first-order valence-corrected chi connectivity index (χ1v) is 11.2. The Balaban J connectivity index is 1.64. The van der Waals surface area contributed by atoms with E-state index in [1.54, 1.807) is 24.3 Å². The van der Waals surface area contributed by atoms with Gasteiger partial charge in [-0.1, -0.05) is 54.6 Å². The molecule has 0 aromatic heterocycles. The predicted molar refractivity (Wildman–Crippen MR) is 131 cm³/mol. The minimum absolute atomic E-state index is 0.000939. The lowest BCUT2D eigenvalue weighted by Gasteiger charge is -2.16. The fourth-order valence-corrected chi connectivity index (χ4v) is 3.74. The largest absolute Gasteiger partial charge is 0.388 e. The summed E-state index contributed by atoms with van der Waals surface area (Å²) < 4.78 is 6.16. The van der Waals surface area contributed by atoms with Crippen LogP contribution in [-0.2, 0) is 20.9 Å². The van der Waals surface area contributed by atoms with Gasteiger partial charge < -0.3 is 15.8 Å². The molecule has 1 atom stereocenters. The van der Waals surface area contributed by atoms with Gasteiger partial charge in [-0.15, -0.1) is 0 Å². The zero-order valence-corrected chi connectivity index (χ0v) is 19.5. The van der Waals surface area contributed by atoms with Crippen LogP contribution in [0.1, 0.15) is 28.8 Å². The third-order valence-corrected chi connectivity index (χ3v) is 5.50. The highest BCUT2D eigenvalue weighted by molar-refractivity contribution is 14.1. The number of halogens is 1. The molecule has 164 valence electrons. The standard InChI is InChI=1S/C25H23IN2O4/c26-21-8-4-5-17(15-21)16-28-22(13-14-23(27)29)25(31)32-24(30)20-11-9-19(10-12-20)18-6-2-1-3-7-18/h1-12,15,22,28H,13-14,16H2,(H2,27,29)/t22-/m0/s1. The topological polar surface area (TPSA) is 98.5 Å². The molecule has 3 rings (SSSR count). The monoisotopic (exact) mass is 542 g/mol. The minimum Gasteiger partial charge on any atom is -0.388 e. The van der Waals surface area contributed by atoms with Crippen LogP contribution in [0, 0.1) is 3.57 Å². The molecule has 7 heteroatoms. The summed E-state index contributed by atoms with van der Waals surface area (Å²) in [5.74, 6) is -2.01. The molecule has 0 spiro atoms. The van der Waals surface area contributed by atoms with E-state index < -0.39 is 23.9 Å². The Hall–Kier alpha value is -3.04. The fourth-order valence-electron chi connectivity index (χ4n) is 3.13. The second-order valence-electron chi connectivity index (χ2n) is 7.22. The highest BCUT2D eigenvalue weighted by Gasteiger charge is 2.24. The molecule has 32 heavy (non-hydrogen) atoms. The number of primary amides is 1. The van der Waals surface area contributed by atoms with Gasteiger partial charge in [-0.25, -0.2) is 9.59 Å². The Kier molecular flexibility index (Phi) is 8.52. The van der Waals surface area contributed by atoms with Gasteiger partial charge in [0.15, 0.2) is 0 Å². The van der Waals surface area contributed by atoms with Crippen molar-refractivity contribution in [1.82, 2.24) is 5.32 Å². The molecule has 3 N–H and O–H groups in total. The van der Waals surface area contributed by atoms with Crippen molar-refractivity contribution in [2.45, 2.75) is 25.4 Å². The number of hydrogen-bond donors (Lipinski definition) is 2. The normalized spacial score (nSPS) is 11.5. The molecule has 3 aromatic carbocycles. The Labute approximate surface area is 200 Å². The van der Waals surface area contributed by atoms with Gasteiger partial charge in [0.1, 0.15) is 6.04 Å². The van der Waals surface area contributed by atoms with Crippen LogP contribution in [0.2, 0.25) is 0 Å². The second kappa shape index (κ2) is 11.5. The average Bonchev–Trinajstić information content (AvgIpc) is 2.79. The Bertz CT molecular complexity index is 1080. The fraction of sp³-hybridized carbons (Fsp3) is 0.160. The Morgan fingerprint density at radius 3 is 2.25 bits per heavy atom. The molecule has 0 saturated heterocycles. The molecule has 0 aliphatic rings. The molecular formula is C25H23IN2O4. The Morgan fingerprint density at radius 1 is 0.906 bits per heavy atom. The third-order valence-electron chi connectivity index (χ3n) is 4.83. The molecule has 3 aromatic rings. The van der Waals surface area contributed by atoms with Crippen molar-refractivity contribution < 1.29 is 19.1 Å². The van der Waals surface area contributed by atoms with Crippen LogP contribution in [0.15, 0.2) is 78.9 Å². The summed E-state index contributed by atoms with van der Waals surface area (Å²) in [7, 11) is 0. The SMILES string of the molecule is NC(=O)CC[C@H](NCc1cccc(I)c1)C(=O)OC(=O)c1ccc(-c2ccccc2)cc1. The number of benzene rings is 3. The van der Waals surface area contributed by atoms with Gasteiger partial charge in [0.25, 0.3) is 0 Å². The van der Waals surface area contributed by atoms with Crippen LogP contribution in [0.25, 0.3) is 11.1 Å². The summed E-state index contributed by atoms with van der Waals surface area (Å²) in [6.45, 7) is 0.384. The predicted octanol–water partition coefficient (Wildman–Crippen LogP) is 4.07. The van der Waals surface area contributed by atoms with Gasteiger partial charge >= 0.3 is 11.9 Å². The van der Waals surface area contributed by atoms with Gasteiger partial charge in [0, 0.05) is 16.5 Å². The highest BCUT2D eigenvalue weighted by Crippen LogP contribution is 2.19. The molecule has 0 saturated carbocycles. The summed E-state index contributed by atoms with van der Waals surface area (Å²) >= 11 is 2.20. The number of esters is 2. The average molecular weight is 542 g/mol. The van der Waals surface area contributed by atoms with Crippen molar-refractivity contribution in [1.29, 1.82) is 0 Å². The molecule has 0 bridgehead atoms. The van der Waals surface area contributed by atoms with Crippen LogP contribution in [0.3, 0.4) is 0 Å². The smallest absolute Gasteiger partial charge is 0.345 e. The molecule has 0 unspecified atom stereocenters. The number of hydrogen-bond acceptors (Lipinski definition) is 5. The summed E-state index contributed by atoms with van der Waals surface area (Å²) in [5.41, 5.74) is 8.45. The van der Waals surface area contributed by atoms with E-state index in [9.17, 15) is 14.4 Å². The molecule has 6 nitrogen and oxygen atoms in total. The highest BCUT2D eigenvalue weighted by atomic mass is 127. The molecule has 0 aliphatic heterocycles. The number of nitrogens with one attached hydrogen (secondary N) is 1. The van der Waals surface area contributed by atoms with Crippen LogP contribution in [-0.4, -0.2) is 23.9 Å².